The number of carbonyl (C=O) groups excluding carboxylic acids is 1. The maximum atomic E-state index is 12.5. The van der Waals surface area contributed by atoms with Crippen LogP contribution in [-0.2, 0) is 26.1 Å². The number of nitrogens with zero attached hydrogens (tertiary/aromatic N) is 2. The highest BCUT2D eigenvalue weighted by atomic mass is 32.2. The monoisotopic (exact) mass is 470 g/mol. The van der Waals surface area contributed by atoms with Crippen LogP contribution in [0.1, 0.15) is 36.8 Å². The molecule has 176 valence electrons. The number of ether oxygens (including phenoxy) is 1. The number of amidine groups is 1. The van der Waals surface area contributed by atoms with E-state index >= 15 is 0 Å². The van der Waals surface area contributed by atoms with E-state index in [1.165, 1.54) is 0 Å². The smallest absolute Gasteiger partial charge is 0.263 e. The van der Waals surface area contributed by atoms with E-state index in [2.05, 4.69) is 26.0 Å². The topological polar surface area (TPSA) is 100 Å². The standard InChI is InChI=1S/C24H30N4O4S/c29-23(26-21-10-5-3-8-19(21)18-28-14-16-32-17-15-28)12-2-1-7-13-25-24-20-9-4-6-11-22(20)33(30,31)27-24/h3-6,8-11H,1-2,7,12-18H2,(H,25,27)(H,26,29). The van der Waals surface area contributed by atoms with Crippen LogP contribution < -0.4 is 10.0 Å². The Morgan fingerprint density at radius 1 is 1.03 bits per heavy atom. The van der Waals surface area contributed by atoms with E-state index in [9.17, 15) is 13.2 Å². The lowest BCUT2D eigenvalue weighted by atomic mass is 10.1. The first-order valence-corrected chi connectivity index (χ1v) is 12.9. The van der Waals surface area contributed by atoms with Crippen molar-refractivity contribution in [3.05, 3.63) is 59.7 Å². The van der Waals surface area contributed by atoms with Gasteiger partial charge in [0.25, 0.3) is 10.0 Å². The Balaban J connectivity index is 1.20. The summed E-state index contributed by atoms with van der Waals surface area (Å²) >= 11 is 0. The van der Waals surface area contributed by atoms with Gasteiger partial charge in [0.2, 0.25) is 5.91 Å². The predicted octanol–water partition coefficient (Wildman–Crippen LogP) is 2.76. The number of aliphatic imine (C=N–C) groups is 1. The molecular weight excluding hydrogens is 440 g/mol. The van der Waals surface area contributed by atoms with Crippen molar-refractivity contribution in [2.45, 2.75) is 37.1 Å². The molecule has 8 nitrogen and oxygen atoms in total. The second-order valence-electron chi connectivity index (χ2n) is 8.24. The zero-order valence-electron chi connectivity index (χ0n) is 18.6. The number of hydrogen-bond acceptors (Lipinski definition) is 6. The molecule has 2 aliphatic rings. The van der Waals surface area contributed by atoms with E-state index < -0.39 is 10.0 Å². The number of sulfonamides is 1. The van der Waals surface area contributed by atoms with Gasteiger partial charge in [-0.1, -0.05) is 36.8 Å². The summed E-state index contributed by atoms with van der Waals surface area (Å²) in [4.78, 5) is 19.5. The van der Waals surface area contributed by atoms with Crippen LogP contribution in [0.3, 0.4) is 0 Å². The summed E-state index contributed by atoms with van der Waals surface area (Å²) in [5.41, 5.74) is 2.60. The molecule has 9 heteroatoms. The predicted molar refractivity (Wildman–Crippen MR) is 128 cm³/mol. The van der Waals surface area contributed by atoms with Crippen molar-refractivity contribution in [1.82, 2.24) is 9.62 Å². The number of hydrogen-bond donors (Lipinski definition) is 2. The third kappa shape index (κ3) is 6.19. The zero-order valence-corrected chi connectivity index (χ0v) is 19.4. The SMILES string of the molecule is O=C(CCCCCN=C1NS(=O)(=O)c2ccccc21)Nc1ccccc1CN1CCOCC1. The zero-order chi connectivity index (χ0) is 23.1. The second kappa shape index (κ2) is 10.9. The number of amides is 1. The Morgan fingerprint density at radius 2 is 1.79 bits per heavy atom. The maximum absolute atomic E-state index is 12.5. The van der Waals surface area contributed by atoms with Gasteiger partial charge in [-0.3, -0.25) is 19.4 Å². The highest BCUT2D eigenvalue weighted by Crippen LogP contribution is 2.22. The summed E-state index contributed by atoms with van der Waals surface area (Å²) in [7, 11) is -3.50. The first kappa shape index (κ1) is 23.4. The third-order valence-corrected chi connectivity index (χ3v) is 7.18. The Kier molecular flexibility index (Phi) is 7.74. The number of carbonyl (C=O) groups is 1. The molecule has 2 aromatic rings. The van der Waals surface area contributed by atoms with E-state index in [1.807, 2.05) is 18.2 Å². The van der Waals surface area contributed by atoms with Crippen LogP contribution in [0.25, 0.3) is 0 Å². The molecular formula is C24H30N4O4S. The number of unbranched alkanes of at least 4 members (excludes halogenated alkanes) is 2. The Bertz CT molecular complexity index is 1110. The van der Waals surface area contributed by atoms with E-state index in [4.69, 9.17) is 4.74 Å². The van der Waals surface area contributed by atoms with Crippen molar-refractivity contribution in [1.29, 1.82) is 0 Å². The van der Waals surface area contributed by atoms with Gasteiger partial charge >= 0.3 is 0 Å². The van der Waals surface area contributed by atoms with Gasteiger partial charge in [-0.25, -0.2) is 8.42 Å². The first-order chi connectivity index (χ1) is 16.0. The molecule has 0 unspecified atom stereocenters. The van der Waals surface area contributed by atoms with Gasteiger partial charge in [0.1, 0.15) is 5.84 Å². The number of anilines is 1. The molecule has 2 aromatic carbocycles. The number of rotatable bonds is 9. The van der Waals surface area contributed by atoms with E-state index in [1.54, 1.807) is 24.3 Å². The fourth-order valence-corrected chi connectivity index (χ4v) is 5.26. The summed E-state index contributed by atoms with van der Waals surface area (Å²) in [6.07, 6.45) is 2.82. The van der Waals surface area contributed by atoms with Crippen molar-refractivity contribution in [2.24, 2.45) is 4.99 Å². The van der Waals surface area contributed by atoms with Gasteiger partial charge in [0, 0.05) is 43.9 Å². The van der Waals surface area contributed by atoms with Crippen molar-refractivity contribution in [2.75, 3.05) is 38.2 Å². The van der Waals surface area contributed by atoms with Crippen molar-refractivity contribution >= 4 is 27.5 Å². The molecule has 2 heterocycles. The van der Waals surface area contributed by atoms with Crippen LogP contribution in [0, 0.1) is 0 Å². The summed E-state index contributed by atoms with van der Waals surface area (Å²) in [6, 6.07) is 14.8. The van der Waals surface area contributed by atoms with E-state index in [0.717, 1.165) is 63.4 Å². The molecule has 0 aliphatic carbocycles. The lowest BCUT2D eigenvalue weighted by Gasteiger charge is -2.27. The normalized spacial score (nSPS) is 18.6. The molecule has 0 aromatic heterocycles. The summed E-state index contributed by atoms with van der Waals surface area (Å²) < 4.78 is 32.2. The van der Waals surface area contributed by atoms with Gasteiger partial charge in [-0.05, 0) is 36.6 Å². The van der Waals surface area contributed by atoms with Crippen molar-refractivity contribution in [3.8, 4) is 0 Å². The Labute approximate surface area is 195 Å². The average Bonchev–Trinajstić information content (AvgIpc) is 3.08. The average molecular weight is 471 g/mol. The Morgan fingerprint density at radius 3 is 2.64 bits per heavy atom. The van der Waals surface area contributed by atoms with Crippen LogP contribution >= 0.6 is 0 Å². The fourth-order valence-electron chi connectivity index (χ4n) is 4.01. The fraction of sp³-hybridized carbons (Fsp3) is 0.417. The molecule has 1 amide bonds. The van der Waals surface area contributed by atoms with Gasteiger partial charge in [-0.2, -0.15) is 0 Å². The number of fused-ring (bicyclic) bond motifs is 1. The molecule has 4 rings (SSSR count). The minimum Gasteiger partial charge on any atom is -0.379 e. The maximum Gasteiger partial charge on any atom is 0.263 e. The van der Waals surface area contributed by atoms with Crippen LogP contribution in [0.15, 0.2) is 58.4 Å². The van der Waals surface area contributed by atoms with Crippen LogP contribution in [0.4, 0.5) is 5.69 Å². The van der Waals surface area contributed by atoms with Crippen molar-refractivity contribution < 1.29 is 17.9 Å². The lowest BCUT2D eigenvalue weighted by molar-refractivity contribution is -0.116. The molecule has 0 bridgehead atoms. The molecule has 0 radical (unpaired) electrons. The molecule has 2 aliphatic heterocycles. The summed E-state index contributed by atoms with van der Waals surface area (Å²) in [6.45, 7) is 4.61. The number of benzene rings is 2. The quantitative estimate of drug-likeness (QED) is 0.549. The largest absolute Gasteiger partial charge is 0.379 e. The van der Waals surface area contributed by atoms with E-state index in [-0.39, 0.29) is 10.8 Å². The van der Waals surface area contributed by atoms with Gasteiger partial charge in [0.15, 0.2) is 0 Å². The third-order valence-electron chi connectivity index (χ3n) is 5.78. The lowest BCUT2D eigenvalue weighted by Crippen LogP contribution is -2.35. The highest BCUT2D eigenvalue weighted by molar-refractivity contribution is 7.90. The van der Waals surface area contributed by atoms with Crippen molar-refractivity contribution in [3.63, 3.8) is 0 Å². The Hall–Kier alpha value is -2.75. The number of nitrogens with one attached hydrogen (secondary N) is 2. The first-order valence-electron chi connectivity index (χ1n) is 11.4. The number of para-hydroxylation sites is 1. The van der Waals surface area contributed by atoms with E-state index in [0.29, 0.717) is 24.4 Å². The van der Waals surface area contributed by atoms with Crippen LogP contribution in [-0.4, -0.2) is 57.9 Å². The molecule has 1 saturated heterocycles. The molecule has 1 fully saturated rings. The minimum atomic E-state index is -3.50. The van der Waals surface area contributed by atoms with Crippen LogP contribution in [0.2, 0.25) is 0 Å². The minimum absolute atomic E-state index is 0.00761. The highest BCUT2D eigenvalue weighted by Gasteiger charge is 2.29. The summed E-state index contributed by atoms with van der Waals surface area (Å²) in [5.74, 6) is 0.411. The second-order valence-corrected chi connectivity index (χ2v) is 9.89. The molecule has 0 atom stereocenters. The molecule has 33 heavy (non-hydrogen) atoms. The summed E-state index contributed by atoms with van der Waals surface area (Å²) in [5, 5.41) is 3.05. The molecule has 0 saturated carbocycles. The van der Waals surface area contributed by atoms with Gasteiger partial charge in [0.05, 0.1) is 18.1 Å². The van der Waals surface area contributed by atoms with Gasteiger partial charge in [-0.15, -0.1) is 0 Å². The molecule has 0 spiro atoms. The van der Waals surface area contributed by atoms with Crippen LogP contribution in [0.5, 0.6) is 0 Å². The molecule has 2 N–H and O–H groups in total. The van der Waals surface area contributed by atoms with Gasteiger partial charge < -0.3 is 10.1 Å². The number of morpholine rings is 1.